The summed E-state index contributed by atoms with van der Waals surface area (Å²) in [5.41, 5.74) is 0.844. The van der Waals surface area contributed by atoms with Crippen molar-refractivity contribution < 1.29 is 4.74 Å². The molecule has 0 aliphatic heterocycles. The molecule has 4 nitrogen and oxygen atoms in total. The number of hydrogen-bond acceptors (Lipinski definition) is 5. The largest absolute Gasteiger partial charge is 0.378 e. The average Bonchev–Trinajstić information content (AvgIpc) is 2.86. The number of nitrogens with zero attached hydrogens (tertiary/aromatic N) is 2. The average molecular weight is 421 g/mol. The van der Waals surface area contributed by atoms with Gasteiger partial charge in [0.1, 0.15) is 5.82 Å². The third-order valence-electron chi connectivity index (χ3n) is 2.56. The maximum atomic E-state index is 5.21. The summed E-state index contributed by atoms with van der Waals surface area (Å²) in [4.78, 5) is 10.2. The predicted octanol–water partition coefficient (Wildman–Crippen LogP) is 4.70. The molecule has 0 amide bonds. The van der Waals surface area contributed by atoms with Gasteiger partial charge in [-0.2, -0.15) is 0 Å². The smallest absolute Gasteiger partial charge is 0.173 e. The summed E-state index contributed by atoms with van der Waals surface area (Å²) in [6.45, 7) is 3.43. The molecule has 1 N–H and O–H groups in total. The maximum absolute atomic E-state index is 5.21. The van der Waals surface area contributed by atoms with Crippen LogP contribution in [0.15, 0.2) is 20.4 Å². The van der Waals surface area contributed by atoms with Crippen LogP contribution in [0.3, 0.4) is 0 Å². The Balaban J connectivity index is 2.46. The minimum Gasteiger partial charge on any atom is -0.378 e. The number of hydrogen-bond donors (Lipinski definition) is 1. The van der Waals surface area contributed by atoms with Gasteiger partial charge in [0.2, 0.25) is 0 Å². The zero-order chi connectivity index (χ0) is 14.5. The van der Waals surface area contributed by atoms with Crippen molar-refractivity contribution in [3.8, 4) is 10.7 Å². The molecule has 0 unspecified atom stereocenters. The molecule has 108 valence electrons. The molecule has 0 aliphatic carbocycles. The Morgan fingerprint density at radius 2 is 2.15 bits per heavy atom. The van der Waals surface area contributed by atoms with Crippen molar-refractivity contribution in [2.75, 3.05) is 19.0 Å². The van der Waals surface area contributed by atoms with E-state index < -0.39 is 0 Å². The number of aromatic nitrogens is 2. The van der Waals surface area contributed by atoms with Gasteiger partial charge in [0, 0.05) is 18.1 Å². The summed E-state index contributed by atoms with van der Waals surface area (Å²) in [7, 11) is 1.66. The van der Waals surface area contributed by atoms with E-state index >= 15 is 0 Å². The van der Waals surface area contributed by atoms with Crippen molar-refractivity contribution in [2.24, 2.45) is 0 Å². The van der Waals surface area contributed by atoms with Gasteiger partial charge >= 0.3 is 0 Å². The molecule has 20 heavy (non-hydrogen) atoms. The Labute approximate surface area is 139 Å². The Morgan fingerprint density at radius 1 is 1.35 bits per heavy atom. The number of rotatable bonds is 6. The second-order valence-corrected chi connectivity index (χ2v) is 6.68. The van der Waals surface area contributed by atoms with E-state index in [1.54, 1.807) is 18.4 Å². The molecule has 0 spiro atoms. The van der Waals surface area contributed by atoms with E-state index in [2.05, 4.69) is 54.1 Å². The van der Waals surface area contributed by atoms with Crippen LogP contribution in [-0.2, 0) is 11.3 Å². The monoisotopic (exact) mass is 419 g/mol. The first-order valence-corrected chi connectivity index (χ1v) is 8.66. The van der Waals surface area contributed by atoms with Gasteiger partial charge in [-0.1, -0.05) is 6.92 Å². The van der Waals surface area contributed by atoms with Gasteiger partial charge in [-0.3, -0.25) is 0 Å². The number of nitrogens with one attached hydrogen (secondary N) is 1. The molecular weight excluding hydrogens is 406 g/mol. The number of ether oxygens (including phenoxy) is 1. The highest BCUT2D eigenvalue weighted by molar-refractivity contribution is 9.11. The lowest BCUT2D eigenvalue weighted by Crippen LogP contribution is -2.07. The highest BCUT2D eigenvalue weighted by Gasteiger charge is 2.15. The van der Waals surface area contributed by atoms with Gasteiger partial charge in [-0.25, -0.2) is 9.97 Å². The van der Waals surface area contributed by atoms with E-state index in [0.717, 1.165) is 38.3 Å². The van der Waals surface area contributed by atoms with Crippen molar-refractivity contribution in [3.05, 3.63) is 26.1 Å². The van der Waals surface area contributed by atoms with Gasteiger partial charge in [0.25, 0.3) is 0 Å². The van der Waals surface area contributed by atoms with E-state index in [1.165, 1.54) is 0 Å². The summed E-state index contributed by atoms with van der Waals surface area (Å²) in [6, 6.07) is 2.00. The van der Waals surface area contributed by atoms with Crippen molar-refractivity contribution in [2.45, 2.75) is 20.0 Å². The Hall–Kier alpha value is -0.500. The van der Waals surface area contributed by atoms with E-state index in [-0.39, 0.29) is 0 Å². The summed E-state index contributed by atoms with van der Waals surface area (Å²) in [5.74, 6) is 1.52. The van der Waals surface area contributed by atoms with Gasteiger partial charge in [-0.05, 0) is 49.7 Å². The van der Waals surface area contributed by atoms with Crippen LogP contribution < -0.4 is 5.32 Å². The van der Waals surface area contributed by atoms with Crippen molar-refractivity contribution >= 4 is 49.0 Å². The first-order valence-electron chi connectivity index (χ1n) is 6.20. The number of halogens is 2. The maximum Gasteiger partial charge on any atom is 0.173 e. The minimum atomic E-state index is 0.444. The highest BCUT2D eigenvalue weighted by Crippen LogP contribution is 2.34. The minimum absolute atomic E-state index is 0.444. The SMILES string of the molecule is CCCNc1nc(-c2sccc2Br)nc(COC)c1Br. The molecule has 2 heterocycles. The Kier molecular flexibility index (Phi) is 5.95. The van der Waals surface area contributed by atoms with Crippen LogP contribution >= 0.6 is 43.2 Å². The third kappa shape index (κ3) is 3.58. The molecule has 0 saturated carbocycles. The van der Waals surface area contributed by atoms with E-state index in [1.807, 2.05) is 11.4 Å². The highest BCUT2D eigenvalue weighted by atomic mass is 79.9. The summed E-state index contributed by atoms with van der Waals surface area (Å²) in [6.07, 6.45) is 1.04. The lowest BCUT2D eigenvalue weighted by molar-refractivity contribution is 0.181. The lowest BCUT2D eigenvalue weighted by atomic mass is 10.3. The van der Waals surface area contributed by atoms with Crippen molar-refractivity contribution in [1.82, 2.24) is 9.97 Å². The molecule has 0 aromatic carbocycles. The van der Waals surface area contributed by atoms with Crippen LogP contribution in [0, 0.1) is 0 Å². The summed E-state index contributed by atoms with van der Waals surface area (Å²) in [5, 5.41) is 5.33. The fourth-order valence-electron chi connectivity index (χ4n) is 1.64. The van der Waals surface area contributed by atoms with Crippen LogP contribution in [0.4, 0.5) is 5.82 Å². The molecule has 0 radical (unpaired) electrons. The van der Waals surface area contributed by atoms with Crippen LogP contribution in [-0.4, -0.2) is 23.6 Å². The van der Waals surface area contributed by atoms with Gasteiger partial charge in [-0.15, -0.1) is 11.3 Å². The van der Waals surface area contributed by atoms with Crippen LogP contribution in [0.2, 0.25) is 0 Å². The molecule has 0 bridgehead atoms. The number of anilines is 1. The van der Waals surface area contributed by atoms with Crippen molar-refractivity contribution in [1.29, 1.82) is 0 Å². The molecular formula is C13H15Br2N3OS. The quantitative estimate of drug-likeness (QED) is 0.735. The van der Waals surface area contributed by atoms with E-state index in [4.69, 9.17) is 4.74 Å². The second-order valence-electron chi connectivity index (χ2n) is 4.11. The standard InChI is InChI=1S/C13H15Br2N3OS/c1-3-5-16-12-10(15)9(7-19-2)17-13(18-12)11-8(14)4-6-20-11/h4,6H,3,5,7H2,1-2H3,(H,16,17,18). The normalized spacial score (nSPS) is 10.8. The lowest BCUT2D eigenvalue weighted by Gasteiger charge is -2.12. The van der Waals surface area contributed by atoms with Crippen LogP contribution in [0.5, 0.6) is 0 Å². The summed E-state index contributed by atoms with van der Waals surface area (Å²) >= 11 is 8.69. The second kappa shape index (κ2) is 7.49. The van der Waals surface area contributed by atoms with E-state index in [9.17, 15) is 0 Å². The Bertz CT molecular complexity index is 589. The molecule has 7 heteroatoms. The molecule has 2 aromatic rings. The molecule has 2 rings (SSSR count). The molecule has 0 fully saturated rings. The molecule has 2 aromatic heterocycles. The van der Waals surface area contributed by atoms with Crippen LogP contribution in [0.1, 0.15) is 19.0 Å². The zero-order valence-corrected chi connectivity index (χ0v) is 15.2. The summed E-state index contributed by atoms with van der Waals surface area (Å²) < 4.78 is 7.09. The third-order valence-corrected chi connectivity index (χ3v) is 5.23. The zero-order valence-electron chi connectivity index (χ0n) is 11.2. The number of thiophene rings is 1. The fraction of sp³-hybridized carbons (Fsp3) is 0.385. The topological polar surface area (TPSA) is 47.0 Å². The number of methoxy groups -OCH3 is 1. The van der Waals surface area contributed by atoms with Gasteiger partial charge in [0.15, 0.2) is 5.82 Å². The Morgan fingerprint density at radius 3 is 2.75 bits per heavy atom. The van der Waals surface area contributed by atoms with Gasteiger partial charge in [0.05, 0.1) is 21.7 Å². The molecule has 0 aliphatic rings. The molecule has 0 saturated heterocycles. The first-order chi connectivity index (χ1) is 9.67. The van der Waals surface area contributed by atoms with E-state index in [0.29, 0.717) is 12.4 Å². The van der Waals surface area contributed by atoms with Crippen LogP contribution in [0.25, 0.3) is 10.7 Å². The predicted molar refractivity (Wildman–Crippen MR) is 90.2 cm³/mol. The van der Waals surface area contributed by atoms with Crippen molar-refractivity contribution in [3.63, 3.8) is 0 Å². The first kappa shape index (κ1) is 15.9. The molecule has 0 atom stereocenters. The van der Waals surface area contributed by atoms with Gasteiger partial charge < -0.3 is 10.1 Å². The fourth-order valence-corrected chi connectivity index (χ4v) is 3.56.